The van der Waals surface area contributed by atoms with Crippen molar-refractivity contribution in [3.8, 4) is 27.9 Å². The van der Waals surface area contributed by atoms with Gasteiger partial charge in [-0.1, -0.05) is 133 Å². The molecule has 0 atom stereocenters. The Kier molecular flexibility index (Phi) is 7.39. The molecule has 0 aliphatic carbocycles. The lowest BCUT2D eigenvalue weighted by Gasteiger charge is -2.29. The fourth-order valence-corrected chi connectivity index (χ4v) is 9.57. The average Bonchev–Trinajstić information content (AvgIpc) is 3.79. The van der Waals surface area contributed by atoms with Gasteiger partial charge in [-0.2, -0.15) is 0 Å². The van der Waals surface area contributed by atoms with E-state index in [1.807, 2.05) is 11.3 Å². The van der Waals surface area contributed by atoms with Crippen molar-refractivity contribution in [3.05, 3.63) is 206 Å². The lowest BCUT2D eigenvalue weighted by atomic mass is 9.98. The lowest BCUT2D eigenvalue weighted by Crippen LogP contribution is -2.11. The molecule has 3 heteroatoms. The highest BCUT2D eigenvalue weighted by Gasteiger charge is 2.23. The molecule has 2 aromatic heterocycles. The first-order valence-corrected chi connectivity index (χ1v) is 19.6. The number of thiophene rings is 1. The van der Waals surface area contributed by atoms with Gasteiger partial charge in [-0.05, 0) is 100 Å². The van der Waals surface area contributed by atoms with Crippen LogP contribution in [0.2, 0.25) is 0 Å². The van der Waals surface area contributed by atoms with Crippen LogP contribution in [0, 0.1) is 0 Å². The number of aromatic nitrogens is 1. The smallest absolute Gasteiger partial charge is 0.0562 e. The summed E-state index contributed by atoms with van der Waals surface area (Å²) in [5.41, 5.74) is 11.6. The fourth-order valence-electron chi connectivity index (χ4n) is 8.43. The molecule has 11 aromatic rings. The third-order valence-electron chi connectivity index (χ3n) is 11.0. The zero-order valence-corrected chi connectivity index (χ0v) is 30.7. The van der Waals surface area contributed by atoms with E-state index in [0.29, 0.717) is 0 Å². The zero-order valence-electron chi connectivity index (χ0n) is 29.9. The van der Waals surface area contributed by atoms with Gasteiger partial charge in [0.25, 0.3) is 0 Å². The van der Waals surface area contributed by atoms with Crippen LogP contribution in [-0.2, 0) is 0 Å². The summed E-state index contributed by atoms with van der Waals surface area (Å²) >= 11 is 1.87. The van der Waals surface area contributed by atoms with Gasteiger partial charge in [0, 0.05) is 47.9 Å². The zero-order chi connectivity index (χ0) is 36.3. The largest absolute Gasteiger partial charge is 0.309 e. The normalized spacial score (nSPS) is 11.6. The van der Waals surface area contributed by atoms with Crippen LogP contribution in [0.25, 0.3) is 80.7 Å². The van der Waals surface area contributed by atoms with Crippen molar-refractivity contribution in [1.29, 1.82) is 0 Å². The molecule has 0 aliphatic rings. The predicted molar refractivity (Wildman–Crippen MR) is 237 cm³/mol. The van der Waals surface area contributed by atoms with Gasteiger partial charge in [0.2, 0.25) is 0 Å². The average molecular weight is 719 g/mol. The molecule has 55 heavy (non-hydrogen) atoms. The van der Waals surface area contributed by atoms with Crippen LogP contribution in [-0.4, -0.2) is 4.57 Å². The number of para-hydroxylation sites is 3. The molecule has 0 radical (unpaired) electrons. The van der Waals surface area contributed by atoms with Crippen LogP contribution in [0.15, 0.2) is 206 Å². The second kappa shape index (κ2) is 12.9. The maximum atomic E-state index is 2.45. The summed E-state index contributed by atoms with van der Waals surface area (Å²) in [6, 6.07) is 75.2. The minimum atomic E-state index is 1.10. The van der Waals surface area contributed by atoms with Crippen molar-refractivity contribution in [2.45, 2.75) is 0 Å². The summed E-state index contributed by atoms with van der Waals surface area (Å²) < 4.78 is 5.07. The van der Waals surface area contributed by atoms with Crippen LogP contribution in [0.3, 0.4) is 0 Å². The van der Waals surface area contributed by atoms with Crippen LogP contribution in [0.4, 0.5) is 17.1 Å². The Morgan fingerprint density at radius 2 is 1.05 bits per heavy atom. The summed E-state index contributed by atoms with van der Waals surface area (Å²) in [6.45, 7) is 0. The predicted octanol–water partition coefficient (Wildman–Crippen LogP) is 15.1. The summed E-state index contributed by atoms with van der Waals surface area (Å²) in [6.07, 6.45) is 0. The summed E-state index contributed by atoms with van der Waals surface area (Å²) in [7, 11) is 0. The molecule has 0 N–H and O–H groups in total. The van der Waals surface area contributed by atoms with Crippen molar-refractivity contribution in [3.63, 3.8) is 0 Å². The number of nitrogens with zero attached hydrogens (tertiary/aromatic N) is 2. The highest BCUT2D eigenvalue weighted by molar-refractivity contribution is 7.25. The molecule has 2 heterocycles. The first kappa shape index (κ1) is 31.6. The molecule has 0 amide bonds. The van der Waals surface area contributed by atoms with Gasteiger partial charge in [0.15, 0.2) is 0 Å². The van der Waals surface area contributed by atoms with E-state index in [-0.39, 0.29) is 0 Å². The van der Waals surface area contributed by atoms with E-state index in [1.54, 1.807) is 0 Å². The number of anilines is 3. The van der Waals surface area contributed by atoms with E-state index in [2.05, 4.69) is 216 Å². The molecular weight excluding hydrogens is 685 g/mol. The molecule has 0 aliphatic heterocycles. The lowest BCUT2D eigenvalue weighted by molar-refractivity contribution is 1.18. The van der Waals surface area contributed by atoms with Crippen molar-refractivity contribution in [2.75, 3.05) is 4.90 Å². The van der Waals surface area contributed by atoms with E-state index in [9.17, 15) is 0 Å². The summed E-state index contributed by atoms with van der Waals surface area (Å²) in [4.78, 5) is 2.45. The van der Waals surface area contributed by atoms with Crippen LogP contribution in [0.5, 0.6) is 0 Å². The molecule has 0 fully saturated rings. The number of hydrogen-bond donors (Lipinski definition) is 0. The van der Waals surface area contributed by atoms with Gasteiger partial charge in [-0.3, -0.25) is 0 Å². The molecule has 0 saturated carbocycles. The van der Waals surface area contributed by atoms with Gasteiger partial charge in [-0.15, -0.1) is 11.3 Å². The van der Waals surface area contributed by atoms with Gasteiger partial charge in [0.1, 0.15) is 0 Å². The Balaban J connectivity index is 1.10. The van der Waals surface area contributed by atoms with Crippen molar-refractivity contribution in [1.82, 2.24) is 4.57 Å². The molecule has 0 unspecified atom stereocenters. The Morgan fingerprint density at radius 1 is 0.382 bits per heavy atom. The van der Waals surface area contributed by atoms with Gasteiger partial charge >= 0.3 is 0 Å². The molecule has 0 saturated heterocycles. The number of hydrogen-bond acceptors (Lipinski definition) is 2. The van der Waals surface area contributed by atoms with E-state index in [0.717, 1.165) is 22.7 Å². The quantitative estimate of drug-likeness (QED) is 0.166. The van der Waals surface area contributed by atoms with Crippen molar-refractivity contribution >= 4 is 81.1 Å². The van der Waals surface area contributed by atoms with Gasteiger partial charge < -0.3 is 9.47 Å². The molecule has 9 aromatic carbocycles. The first-order chi connectivity index (χ1) is 27.3. The molecule has 0 spiro atoms. The third-order valence-corrected chi connectivity index (χ3v) is 12.1. The molecular formula is C52H34N2S. The number of benzene rings is 9. The Bertz CT molecular complexity index is 3190. The topological polar surface area (TPSA) is 8.17 Å². The molecule has 11 rings (SSSR count). The minimum absolute atomic E-state index is 1.10. The monoisotopic (exact) mass is 718 g/mol. The SMILES string of the molecule is c1ccc(-c2ccccc2N(c2ccc(-c3ccc4cc5sc6ccccc6c5cc4c3)cc2)c2cccc3c2c2ccccc2n3-c2ccccc2)cc1. The maximum absolute atomic E-state index is 2.45. The minimum Gasteiger partial charge on any atom is -0.309 e. The van der Waals surface area contributed by atoms with Gasteiger partial charge in [0.05, 0.1) is 22.4 Å². The summed E-state index contributed by atoms with van der Waals surface area (Å²) in [5.74, 6) is 0. The summed E-state index contributed by atoms with van der Waals surface area (Å²) in [5, 5.41) is 7.63. The van der Waals surface area contributed by atoms with E-state index in [1.165, 1.54) is 75.0 Å². The van der Waals surface area contributed by atoms with Crippen LogP contribution >= 0.6 is 11.3 Å². The fraction of sp³-hybridized carbons (Fsp3) is 0. The van der Waals surface area contributed by atoms with Gasteiger partial charge in [-0.25, -0.2) is 0 Å². The molecule has 258 valence electrons. The maximum Gasteiger partial charge on any atom is 0.0562 e. The second-order valence-electron chi connectivity index (χ2n) is 14.1. The Labute approximate surface area is 323 Å². The van der Waals surface area contributed by atoms with E-state index < -0.39 is 0 Å². The third kappa shape index (κ3) is 5.24. The standard InChI is InChI=1S/C52H34N2S/c1-3-14-36(15-4-1)42-18-7-10-21-46(42)54(49-24-13-23-48-52(49)44-20-8-11-22-47(44)53(48)40-16-5-2-6-17-40)41-30-28-35(29-31-41)37-26-27-38-34-51-45(33-39(38)32-37)43-19-9-12-25-50(43)55-51/h1-34H. The highest BCUT2D eigenvalue weighted by atomic mass is 32.1. The first-order valence-electron chi connectivity index (χ1n) is 18.8. The van der Waals surface area contributed by atoms with Crippen molar-refractivity contribution in [2.24, 2.45) is 0 Å². The number of rotatable bonds is 6. The van der Waals surface area contributed by atoms with Crippen LogP contribution < -0.4 is 4.90 Å². The second-order valence-corrected chi connectivity index (χ2v) is 15.2. The van der Waals surface area contributed by atoms with Crippen LogP contribution in [0.1, 0.15) is 0 Å². The number of fused-ring (bicyclic) bond motifs is 7. The van der Waals surface area contributed by atoms with Crippen molar-refractivity contribution < 1.29 is 0 Å². The van der Waals surface area contributed by atoms with E-state index in [4.69, 9.17) is 0 Å². The Morgan fingerprint density at radius 3 is 1.91 bits per heavy atom. The molecule has 2 nitrogen and oxygen atoms in total. The van der Waals surface area contributed by atoms with E-state index >= 15 is 0 Å². The Hall–Kier alpha value is -6.94. The molecule has 0 bridgehead atoms. The highest BCUT2D eigenvalue weighted by Crippen LogP contribution is 2.47.